The number of nitrogens with one attached hydrogen (secondary N) is 1. The normalized spacial score (nSPS) is 10.0. The number of para-hydroxylation sites is 2. The summed E-state index contributed by atoms with van der Waals surface area (Å²) in [5, 5.41) is 0. The number of hydrazine groups is 1. The molecule has 0 atom stereocenters. The molecule has 102 valence electrons. The van der Waals surface area contributed by atoms with Crippen molar-refractivity contribution in [1.29, 1.82) is 0 Å². The summed E-state index contributed by atoms with van der Waals surface area (Å²) >= 11 is 0. The number of anilines is 1. The minimum absolute atomic E-state index is 0. The van der Waals surface area contributed by atoms with Gasteiger partial charge in [0, 0.05) is 6.54 Å². The van der Waals surface area contributed by atoms with Crippen molar-refractivity contribution >= 4 is 29.4 Å². The molecule has 1 aromatic heterocycles. The monoisotopic (exact) mass is 272 g/mol. The van der Waals surface area contributed by atoms with Crippen molar-refractivity contribution in [2.24, 2.45) is 11.8 Å². The Morgan fingerprint density at radius 3 is 2.61 bits per heavy atom. The highest BCUT2D eigenvalue weighted by Crippen LogP contribution is 2.20. The predicted molar refractivity (Wildman–Crippen MR) is 77.9 cm³/mol. The zero-order valence-electron chi connectivity index (χ0n) is 10.7. The molecule has 2 rings (SSSR count). The first-order chi connectivity index (χ1) is 7.72. The topological polar surface area (TPSA) is 87.4 Å². The number of hydrogen-bond donors (Lipinski definition) is 2. The van der Waals surface area contributed by atoms with Gasteiger partial charge in [0.25, 0.3) is 0 Å². The van der Waals surface area contributed by atoms with Crippen molar-refractivity contribution in [1.82, 2.24) is 9.55 Å². The molecule has 2 aromatic rings. The van der Waals surface area contributed by atoms with Gasteiger partial charge in [0.05, 0.1) is 11.0 Å². The smallest absolute Gasteiger partial charge is 0.218 e. The zero-order chi connectivity index (χ0) is 11.5. The molecule has 1 heterocycles. The Morgan fingerprint density at radius 1 is 1.33 bits per heavy atom. The van der Waals surface area contributed by atoms with Crippen molar-refractivity contribution in [2.75, 3.05) is 5.43 Å². The van der Waals surface area contributed by atoms with Crippen molar-refractivity contribution < 1.29 is 5.48 Å². The maximum atomic E-state index is 5.49. The second-order valence-corrected chi connectivity index (χ2v) is 4.40. The number of aromatic nitrogens is 2. The molecule has 0 aliphatic rings. The first-order valence-corrected chi connectivity index (χ1v) is 5.64. The highest BCUT2D eigenvalue weighted by Gasteiger charge is 2.09. The van der Waals surface area contributed by atoms with E-state index in [1.54, 1.807) is 0 Å². The number of imidazole rings is 1. The van der Waals surface area contributed by atoms with E-state index in [1.165, 1.54) is 0 Å². The first-order valence-electron chi connectivity index (χ1n) is 5.64. The van der Waals surface area contributed by atoms with Crippen LogP contribution in [0.5, 0.6) is 0 Å². The maximum Gasteiger partial charge on any atom is 0.218 e. The van der Waals surface area contributed by atoms with Gasteiger partial charge >= 0.3 is 0 Å². The van der Waals surface area contributed by atoms with Crippen molar-refractivity contribution in [3.63, 3.8) is 0 Å². The van der Waals surface area contributed by atoms with Crippen LogP contribution in [0.4, 0.5) is 5.95 Å². The van der Waals surface area contributed by atoms with Crippen LogP contribution in [0.3, 0.4) is 0 Å². The summed E-state index contributed by atoms with van der Waals surface area (Å²) in [5.41, 5.74) is 4.78. The molecule has 0 aliphatic heterocycles. The standard InChI is InChI=1S/C12H18N4.ClH.H2O/c1-9(2)7-8-16-11-6-4-3-5-10(11)14-12(16)15-13;;/h3-6,9H,7-8,13H2,1-2H3,(H,14,15);1H;1H2. The molecule has 0 amide bonds. The number of hydrogen-bond acceptors (Lipinski definition) is 3. The van der Waals surface area contributed by atoms with Gasteiger partial charge in [-0.2, -0.15) is 0 Å². The summed E-state index contributed by atoms with van der Waals surface area (Å²) in [7, 11) is 0. The van der Waals surface area contributed by atoms with Gasteiger partial charge in [0.2, 0.25) is 5.95 Å². The molecule has 1 aromatic carbocycles. The van der Waals surface area contributed by atoms with E-state index in [0.29, 0.717) is 5.92 Å². The minimum Gasteiger partial charge on any atom is -0.412 e. The SMILES string of the molecule is CC(C)CCn1c(NN)nc2ccccc21.Cl.O. The molecule has 6 heteroatoms. The number of nitrogen functional groups attached to an aromatic ring is 1. The van der Waals surface area contributed by atoms with E-state index in [1.807, 2.05) is 18.2 Å². The van der Waals surface area contributed by atoms with Crippen molar-refractivity contribution in [3.05, 3.63) is 24.3 Å². The van der Waals surface area contributed by atoms with Crippen LogP contribution in [0.15, 0.2) is 24.3 Å². The fraction of sp³-hybridized carbons (Fsp3) is 0.417. The minimum atomic E-state index is 0. The Hall–Kier alpha value is -1.30. The average Bonchev–Trinajstić information content (AvgIpc) is 2.64. The lowest BCUT2D eigenvalue weighted by Crippen LogP contribution is -2.14. The van der Waals surface area contributed by atoms with E-state index in [4.69, 9.17) is 5.84 Å². The van der Waals surface area contributed by atoms with Gasteiger partial charge in [-0.15, -0.1) is 12.4 Å². The molecule has 0 spiro atoms. The van der Waals surface area contributed by atoms with E-state index in [0.717, 1.165) is 29.9 Å². The largest absolute Gasteiger partial charge is 0.412 e. The second kappa shape index (κ2) is 7.20. The maximum absolute atomic E-state index is 5.49. The van der Waals surface area contributed by atoms with E-state index in [-0.39, 0.29) is 17.9 Å². The summed E-state index contributed by atoms with van der Waals surface area (Å²) in [6, 6.07) is 8.09. The number of nitrogens with two attached hydrogens (primary N) is 1. The summed E-state index contributed by atoms with van der Waals surface area (Å²) in [4.78, 5) is 4.44. The van der Waals surface area contributed by atoms with Gasteiger partial charge in [-0.25, -0.2) is 10.8 Å². The summed E-state index contributed by atoms with van der Waals surface area (Å²) in [6.45, 7) is 5.38. The number of aryl methyl sites for hydroxylation is 1. The molecule has 0 unspecified atom stereocenters. The third kappa shape index (κ3) is 3.35. The molecule has 5 nitrogen and oxygen atoms in total. The molecular formula is C12H21ClN4O. The lowest BCUT2D eigenvalue weighted by molar-refractivity contribution is 0.525. The predicted octanol–water partition coefficient (Wildman–Crippen LogP) is 1.97. The summed E-state index contributed by atoms with van der Waals surface area (Å²) in [6.07, 6.45) is 1.12. The number of halogens is 1. The third-order valence-electron chi connectivity index (χ3n) is 2.71. The lowest BCUT2D eigenvalue weighted by atomic mass is 10.1. The van der Waals surface area contributed by atoms with Crippen LogP contribution in [-0.2, 0) is 6.54 Å². The van der Waals surface area contributed by atoms with Crippen molar-refractivity contribution in [3.8, 4) is 0 Å². The first kappa shape index (κ1) is 16.7. The molecule has 0 saturated carbocycles. The van der Waals surface area contributed by atoms with Crippen LogP contribution in [0.25, 0.3) is 11.0 Å². The number of benzene rings is 1. The number of fused-ring (bicyclic) bond motifs is 1. The van der Waals surface area contributed by atoms with E-state index in [9.17, 15) is 0 Å². The molecule has 0 aliphatic carbocycles. The molecule has 0 fully saturated rings. The third-order valence-corrected chi connectivity index (χ3v) is 2.71. The fourth-order valence-corrected chi connectivity index (χ4v) is 1.80. The van der Waals surface area contributed by atoms with Crippen molar-refractivity contribution in [2.45, 2.75) is 26.8 Å². The Balaban J connectivity index is 0.00000144. The quantitative estimate of drug-likeness (QED) is 0.659. The molecule has 0 saturated heterocycles. The molecule has 18 heavy (non-hydrogen) atoms. The van der Waals surface area contributed by atoms with E-state index >= 15 is 0 Å². The average molecular weight is 273 g/mol. The van der Waals surface area contributed by atoms with Gasteiger partial charge < -0.3 is 10.0 Å². The molecule has 0 radical (unpaired) electrons. The van der Waals surface area contributed by atoms with E-state index < -0.39 is 0 Å². The number of nitrogens with zero attached hydrogens (tertiary/aromatic N) is 2. The van der Waals surface area contributed by atoms with Gasteiger partial charge in [-0.05, 0) is 24.5 Å². The van der Waals surface area contributed by atoms with Gasteiger partial charge in [0.15, 0.2) is 0 Å². The van der Waals surface area contributed by atoms with Gasteiger partial charge in [-0.3, -0.25) is 5.43 Å². The van der Waals surface area contributed by atoms with Crippen LogP contribution in [0.2, 0.25) is 0 Å². The van der Waals surface area contributed by atoms with Gasteiger partial charge in [0.1, 0.15) is 0 Å². The van der Waals surface area contributed by atoms with Crippen LogP contribution >= 0.6 is 12.4 Å². The molecule has 5 N–H and O–H groups in total. The van der Waals surface area contributed by atoms with Crippen LogP contribution in [-0.4, -0.2) is 15.0 Å². The highest BCUT2D eigenvalue weighted by atomic mass is 35.5. The summed E-state index contributed by atoms with van der Waals surface area (Å²) in [5.74, 6) is 6.90. The highest BCUT2D eigenvalue weighted by molar-refractivity contribution is 5.85. The van der Waals surface area contributed by atoms with E-state index in [2.05, 4.69) is 34.9 Å². The molecule has 0 bridgehead atoms. The Bertz CT molecular complexity index is 484. The van der Waals surface area contributed by atoms with Crippen LogP contribution in [0, 0.1) is 5.92 Å². The number of rotatable bonds is 4. The second-order valence-electron chi connectivity index (χ2n) is 4.40. The summed E-state index contributed by atoms with van der Waals surface area (Å²) < 4.78 is 2.13. The fourth-order valence-electron chi connectivity index (χ4n) is 1.80. The van der Waals surface area contributed by atoms with Crippen LogP contribution < -0.4 is 11.3 Å². The lowest BCUT2D eigenvalue weighted by Gasteiger charge is -2.09. The molecular weight excluding hydrogens is 252 g/mol. The van der Waals surface area contributed by atoms with Crippen LogP contribution in [0.1, 0.15) is 20.3 Å². The Morgan fingerprint density at radius 2 is 2.00 bits per heavy atom. The Labute approximate surface area is 113 Å². The Kier molecular flexibility index (Phi) is 6.68. The zero-order valence-corrected chi connectivity index (χ0v) is 11.5. The van der Waals surface area contributed by atoms with Gasteiger partial charge in [-0.1, -0.05) is 26.0 Å².